The Morgan fingerprint density at radius 1 is 1.26 bits per heavy atom. The quantitative estimate of drug-likeness (QED) is 0.544. The average Bonchev–Trinajstić information content (AvgIpc) is 2.31. The first kappa shape index (κ1) is 19.0. The molecule has 0 aromatic carbocycles. The van der Waals surface area contributed by atoms with Crippen LogP contribution in [0.4, 0.5) is 13.2 Å². The van der Waals surface area contributed by atoms with Crippen LogP contribution in [0.15, 0.2) is 0 Å². The average molecular weight is 303 g/mol. The number of aliphatic hydroxyl groups is 1. The standard InChI is InChI=1S/C12H24F3NO2S/c1-2-3-4-5-7-18-10-11(17)9-16-6-8-19-12(13,14)15/h11,16-17H,2-10H2,1H3. The van der Waals surface area contributed by atoms with E-state index in [2.05, 4.69) is 12.2 Å². The molecule has 1 atom stereocenters. The first-order chi connectivity index (χ1) is 8.95. The third kappa shape index (κ3) is 16.0. The third-order valence-electron chi connectivity index (χ3n) is 2.38. The van der Waals surface area contributed by atoms with Gasteiger partial charge in [-0.3, -0.25) is 0 Å². The number of hydrogen-bond acceptors (Lipinski definition) is 4. The van der Waals surface area contributed by atoms with Gasteiger partial charge in [0.2, 0.25) is 0 Å². The highest BCUT2D eigenvalue weighted by Gasteiger charge is 2.27. The van der Waals surface area contributed by atoms with E-state index in [0.717, 1.165) is 12.8 Å². The van der Waals surface area contributed by atoms with Crippen molar-refractivity contribution in [1.29, 1.82) is 0 Å². The first-order valence-corrected chi connectivity index (χ1v) is 7.61. The van der Waals surface area contributed by atoms with Crippen molar-refractivity contribution in [3.8, 4) is 0 Å². The Labute approximate surface area is 117 Å². The number of hydrogen-bond donors (Lipinski definition) is 2. The van der Waals surface area contributed by atoms with Crippen molar-refractivity contribution >= 4 is 11.8 Å². The van der Waals surface area contributed by atoms with Crippen LogP contribution in [0.5, 0.6) is 0 Å². The Hall–Kier alpha value is 0.0200. The zero-order valence-corrected chi connectivity index (χ0v) is 12.2. The lowest BCUT2D eigenvalue weighted by atomic mass is 10.2. The van der Waals surface area contributed by atoms with Crippen LogP contribution in [0.25, 0.3) is 0 Å². The van der Waals surface area contributed by atoms with Crippen molar-refractivity contribution in [1.82, 2.24) is 5.32 Å². The van der Waals surface area contributed by atoms with E-state index in [1.807, 2.05) is 0 Å². The largest absolute Gasteiger partial charge is 0.441 e. The van der Waals surface area contributed by atoms with E-state index in [1.54, 1.807) is 0 Å². The van der Waals surface area contributed by atoms with Gasteiger partial charge >= 0.3 is 5.51 Å². The zero-order valence-electron chi connectivity index (χ0n) is 11.3. The summed E-state index contributed by atoms with van der Waals surface area (Å²) in [5, 5.41) is 12.3. The Balaban J connectivity index is 3.23. The fourth-order valence-electron chi connectivity index (χ4n) is 1.42. The topological polar surface area (TPSA) is 41.5 Å². The molecule has 0 aliphatic rings. The Bertz CT molecular complexity index is 206. The molecular weight excluding hydrogens is 279 g/mol. The number of rotatable bonds is 12. The molecule has 0 saturated heterocycles. The molecule has 0 amide bonds. The summed E-state index contributed by atoms with van der Waals surface area (Å²) in [4.78, 5) is 0. The fourth-order valence-corrected chi connectivity index (χ4v) is 1.89. The van der Waals surface area contributed by atoms with E-state index >= 15 is 0 Å². The van der Waals surface area contributed by atoms with Crippen LogP contribution in [0.1, 0.15) is 32.6 Å². The van der Waals surface area contributed by atoms with Crippen LogP contribution in [0.2, 0.25) is 0 Å². The number of ether oxygens (including phenoxy) is 1. The predicted molar refractivity (Wildman–Crippen MR) is 72.4 cm³/mol. The van der Waals surface area contributed by atoms with E-state index in [0.29, 0.717) is 6.61 Å². The van der Waals surface area contributed by atoms with Gasteiger partial charge in [0.1, 0.15) is 0 Å². The van der Waals surface area contributed by atoms with E-state index in [4.69, 9.17) is 4.74 Å². The number of aliphatic hydroxyl groups excluding tert-OH is 1. The lowest BCUT2D eigenvalue weighted by Crippen LogP contribution is -2.32. The summed E-state index contributed by atoms with van der Waals surface area (Å²) < 4.78 is 40.7. The molecule has 1 unspecified atom stereocenters. The molecule has 7 heteroatoms. The maximum Gasteiger partial charge on any atom is 0.441 e. The molecule has 0 spiro atoms. The minimum Gasteiger partial charge on any atom is -0.389 e. The smallest absolute Gasteiger partial charge is 0.389 e. The second-order valence-corrected chi connectivity index (χ2v) is 5.45. The SMILES string of the molecule is CCCCCCOCC(O)CNCCSC(F)(F)F. The molecule has 116 valence electrons. The lowest BCUT2D eigenvalue weighted by Gasteiger charge is -2.12. The third-order valence-corrected chi connectivity index (χ3v) is 3.11. The van der Waals surface area contributed by atoms with Gasteiger partial charge in [0.25, 0.3) is 0 Å². The predicted octanol–water partition coefficient (Wildman–Crippen LogP) is 2.79. The van der Waals surface area contributed by atoms with Gasteiger partial charge in [0.15, 0.2) is 0 Å². The highest BCUT2D eigenvalue weighted by Crippen LogP contribution is 2.29. The van der Waals surface area contributed by atoms with Crippen LogP contribution in [0, 0.1) is 0 Å². The van der Waals surface area contributed by atoms with Gasteiger partial charge in [-0.25, -0.2) is 0 Å². The van der Waals surface area contributed by atoms with Crippen LogP contribution < -0.4 is 5.32 Å². The van der Waals surface area contributed by atoms with Crippen molar-refractivity contribution in [2.45, 2.75) is 44.2 Å². The number of thioether (sulfide) groups is 1. The fraction of sp³-hybridized carbons (Fsp3) is 1.00. The van der Waals surface area contributed by atoms with Crippen LogP contribution in [-0.4, -0.2) is 48.8 Å². The Morgan fingerprint density at radius 3 is 2.63 bits per heavy atom. The summed E-state index contributed by atoms with van der Waals surface area (Å²) in [6.07, 6.45) is 3.80. The number of unbranched alkanes of at least 4 members (excludes halogenated alkanes) is 3. The molecule has 0 fully saturated rings. The summed E-state index contributed by atoms with van der Waals surface area (Å²) in [5.41, 5.74) is -4.18. The normalized spacial score (nSPS) is 13.7. The summed E-state index contributed by atoms with van der Waals surface area (Å²) in [6, 6.07) is 0. The highest BCUT2D eigenvalue weighted by atomic mass is 32.2. The molecular formula is C12H24F3NO2S. The van der Waals surface area contributed by atoms with Crippen molar-refractivity contribution in [3.63, 3.8) is 0 Å². The Morgan fingerprint density at radius 2 is 2.00 bits per heavy atom. The molecule has 19 heavy (non-hydrogen) atoms. The molecule has 3 nitrogen and oxygen atoms in total. The first-order valence-electron chi connectivity index (χ1n) is 6.63. The lowest BCUT2D eigenvalue weighted by molar-refractivity contribution is -0.0327. The molecule has 0 aliphatic carbocycles. The number of nitrogens with one attached hydrogen (secondary N) is 1. The van der Waals surface area contributed by atoms with Gasteiger partial charge in [-0.1, -0.05) is 26.2 Å². The second-order valence-electron chi connectivity index (χ2n) is 4.29. The van der Waals surface area contributed by atoms with E-state index in [9.17, 15) is 18.3 Å². The summed E-state index contributed by atoms with van der Waals surface area (Å²) in [5.74, 6) is -0.0475. The molecule has 0 rings (SSSR count). The number of halogens is 3. The molecule has 0 aliphatic heterocycles. The minimum absolute atomic E-state index is 0.0475. The van der Waals surface area contributed by atoms with E-state index < -0.39 is 11.6 Å². The van der Waals surface area contributed by atoms with Gasteiger partial charge in [-0.15, -0.1) is 0 Å². The Kier molecular flexibility index (Phi) is 11.8. The van der Waals surface area contributed by atoms with Crippen molar-refractivity contribution in [2.24, 2.45) is 0 Å². The van der Waals surface area contributed by atoms with Gasteiger partial charge in [-0.2, -0.15) is 13.2 Å². The molecule has 0 bridgehead atoms. The van der Waals surface area contributed by atoms with Gasteiger partial charge in [0, 0.05) is 25.4 Å². The van der Waals surface area contributed by atoms with Crippen LogP contribution >= 0.6 is 11.8 Å². The van der Waals surface area contributed by atoms with Crippen LogP contribution in [0.3, 0.4) is 0 Å². The summed E-state index contributed by atoms with van der Waals surface area (Å²) >= 11 is -0.0611. The van der Waals surface area contributed by atoms with Crippen LogP contribution in [-0.2, 0) is 4.74 Å². The van der Waals surface area contributed by atoms with Gasteiger partial charge in [0.05, 0.1) is 12.7 Å². The number of alkyl halides is 3. The molecule has 2 N–H and O–H groups in total. The van der Waals surface area contributed by atoms with Gasteiger partial charge < -0.3 is 15.2 Å². The second kappa shape index (κ2) is 11.8. The maximum atomic E-state index is 11.8. The molecule has 0 heterocycles. The maximum absolute atomic E-state index is 11.8. The summed E-state index contributed by atoms with van der Waals surface area (Å²) in [7, 11) is 0. The molecule has 0 saturated carbocycles. The molecule has 0 aromatic heterocycles. The van der Waals surface area contributed by atoms with Crippen molar-refractivity contribution in [3.05, 3.63) is 0 Å². The monoisotopic (exact) mass is 303 g/mol. The molecule has 0 aromatic rings. The van der Waals surface area contributed by atoms with E-state index in [1.165, 1.54) is 12.8 Å². The van der Waals surface area contributed by atoms with Gasteiger partial charge in [-0.05, 0) is 18.2 Å². The van der Waals surface area contributed by atoms with Crippen molar-refractivity contribution < 1.29 is 23.0 Å². The minimum atomic E-state index is -4.18. The zero-order chi connectivity index (χ0) is 14.6. The van der Waals surface area contributed by atoms with Crippen molar-refractivity contribution in [2.75, 3.05) is 32.1 Å². The summed E-state index contributed by atoms with van der Waals surface area (Å²) in [6.45, 7) is 3.46. The van der Waals surface area contributed by atoms with E-state index in [-0.39, 0.29) is 37.2 Å². The molecule has 0 radical (unpaired) electrons. The highest BCUT2D eigenvalue weighted by molar-refractivity contribution is 8.00.